The number of aromatic carboxylic acids is 1. The Labute approximate surface area is 184 Å². The van der Waals surface area contributed by atoms with Crippen molar-refractivity contribution in [1.82, 2.24) is 9.88 Å². The molecule has 1 aliphatic rings. The summed E-state index contributed by atoms with van der Waals surface area (Å²) in [5.74, 6) is -0.825. The summed E-state index contributed by atoms with van der Waals surface area (Å²) < 4.78 is 28.3. The Morgan fingerprint density at radius 3 is 2.48 bits per heavy atom. The number of rotatable bonds is 9. The van der Waals surface area contributed by atoms with E-state index in [1.165, 1.54) is 17.8 Å². The molecule has 0 saturated heterocycles. The van der Waals surface area contributed by atoms with Crippen LogP contribution < -0.4 is 9.62 Å². The van der Waals surface area contributed by atoms with Gasteiger partial charge in [-0.2, -0.15) is 0 Å². The second-order valence-electron chi connectivity index (χ2n) is 8.03. The minimum absolute atomic E-state index is 0.0359. The lowest BCUT2D eigenvalue weighted by molar-refractivity contribution is 0.0697. The maximum atomic E-state index is 12.9. The molecular formula is C22H30N4O4S. The average molecular weight is 447 g/mol. The van der Waals surface area contributed by atoms with Gasteiger partial charge in [0.15, 0.2) is 0 Å². The molecule has 0 bridgehead atoms. The van der Waals surface area contributed by atoms with Crippen LogP contribution in [-0.4, -0.2) is 63.1 Å². The number of fused-ring (bicyclic) bond motifs is 1. The molecule has 2 N–H and O–H groups in total. The average Bonchev–Trinajstić information content (AvgIpc) is 2.74. The molecule has 1 aromatic heterocycles. The lowest BCUT2D eigenvalue weighted by Gasteiger charge is -2.25. The zero-order valence-electron chi connectivity index (χ0n) is 18.3. The molecule has 0 unspecified atom stereocenters. The highest BCUT2D eigenvalue weighted by atomic mass is 32.2. The topological polar surface area (TPSA) is 103 Å². The molecular weight excluding hydrogens is 416 g/mol. The molecule has 1 heterocycles. The lowest BCUT2D eigenvalue weighted by Crippen LogP contribution is -2.33. The molecule has 168 valence electrons. The summed E-state index contributed by atoms with van der Waals surface area (Å²) in [4.78, 5) is 20.2. The van der Waals surface area contributed by atoms with E-state index in [-0.39, 0.29) is 16.1 Å². The third-order valence-corrected chi connectivity index (χ3v) is 6.86. The number of carboxylic acids is 1. The van der Waals surface area contributed by atoms with Gasteiger partial charge in [0.05, 0.1) is 16.8 Å². The van der Waals surface area contributed by atoms with Crippen molar-refractivity contribution in [3.8, 4) is 0 Å². The lowest BCUT2D eigenvalue weighted by atomic mass is 9.92. The summed E-state index contributed by atoms with van der Waals surface area (Å²) in [5, 5.41) is 9.71. The van der Waals surface area contributed by atoms with Crippen LogP contribution in [-0.2, 0) is 22.9 Å². The Balaban J connectivity index is 1.87. The van der Waals surface area contributed by atoms with Gasteiger partial charge in [-0.1, -0.05) is 6.07 Å². The van der Waals surface area contributed by atoms with Crippen LogP contribution in [0.1, 0.15) is 41.3 Å². The number of nitrogens with zero attached hydrogens (tertiary/aromatic N) is 3. The molecule has 0 spiro atoms. The molecule has 0 atom stereocenters. The number of carboxylic acid groups (broad SMARTS) is 1. The fourth-order valence-electron chi connectivity index (χ4n) is 3.75. The summed E-state index contributed by atoms with van der Waals surface area (Å²) in [5.41, 5.74) is 2.35. The second-order valence-corrected chi connectivity index (χ2v) is 9.71. The third kappa shape index (κ3) is 5.54. The zero-order valence-corrected chi connectivity index (χ0v) is 19.1. The molecule has 0 aliphatic heterocycles. The van der Waals surface area contributed by atoms with E-state index in [4.69, 9.17) is 0 Å². The summed E-state index contributed by atoms with van der Waals surface area (Å²) in [7, 11) is 0.0323. The Hall–Kier alpha value is -2.65. The van der Waals surface area contributed by atoms with E-state index in [0.29, 0.717) is 18.9 Å². The number of aromatic nitrogens is 1. The molecule has 31 heavy (non-hydrogen) atoms. The van der Waals surface area contributed by atoms with Gasteiger partial charge >= 0.3 is 5.97 Å². The summed E-state index contributed by atoms with van der Waals surface area (Å²) in [6, 6.07) is 6.53. The van der Waals surface area contributed by atoms with Crippen molar-refractivity contribution in [2.45, 2.75) is 37.5 Å². The van der Waals surface area contributed by atoms with Crippen LogP contribution in [0.15, 0.2) is 35.4 Å². The normalized spacial score (nSPS) is 13.7. The number of hydrogen-bond acceptors (Lipinski definition) is 6. The van der Waals surface area contributed by atoms with Crippen LogP contribution in [0.5, 0.6) is 0 Å². The minimum Gasteiger partial charge on any atom is -0.478 e. The van der Waals surface area contributed by atoms with Crippen molar-refractivity contribution in [1.29, 1.82) is 0 Å². The number of benzene rings is 1. The Morgan fingerprint density at radius 1 is 1.13 bits per heavy atom. The second kappa shape index (κ2) is 9.65. The van der Waals surface area contributed by atoms with Gasteiger partial charge in [-0.05, 0) is 76.0 Å². The maximum absolute atomic E-state index is 12.9. The Kier molecular flexibility index (Phi) is 7.17. The van der Waals surface area contributed by atoms with Crippen molar-refractivity contribution in [2.24, 2.45) is 0 Å². The van der Waals surface area contributed by atoms with E-state index in [1.54, 1.807) is 12.1 Å². The molecule has 1 aromatic carbocycles. The minimum atomic E-state index is -3.85. The number of likely N-dealkylation sites (N-methyl/N-ethyl adjacent to an activating group) is 2. The predicted molar refractivity (Wildman–Crippen MR) is 122 cm³/mol. The summed E-state index contributed by atoms with van der Waals surface area (Å²) in [6.45, 7) is 3.86. The number of anilines is 2. The first-order chi connectivity index (χ1) is 14.7. The fourth-order valence-corrected chi connectivity index (χ4v) is 4.83. The van der Waals surface area contributed by atoms with Crippen LogP contribution >= 0.6 is 0 Å². The first kappa shape index (κ1) is 23.0. The maximum Gasteiger partial charge on any atom is 0.339 e. The molecule has 9 heteroatoms. The molecule has 0 fully saturated rings. The molecule has 0 amide bonds. The quantitative estimate of drug-likeness (QED) is 0.610. The van der Waals surface area contributed by atoms with Crippen LogP contribution in [0.4, 0.5) is 11.5 Å². The van der Waals surface area contributed by atoms with Gasteiger partial charge in [-0.15, -0.1) is 0 Å². The number of sulfonamides is 1. The van der Waals surface area contributed by atoms with Crippen LogP contribution in [0.2, 0.25) is 0 Å². The van der Waals surface area contributed by atoms with E-state index in [0.717, 1.165) is 37.8 Å². The Morgan fingerprint density at radius 2 is 1.84 bits per heavy atom. The van der Waals surface area contributed by atoms with E-state index in [9.17, 15) is 18.3 Å². The van der Waals surface area contributed by atoms with Crippen molar-refractivity contribution in [3.05, 3.63) is 47.2 Å². The standard InChI is InChI=1S/C22H30N4O4S/c1-4-26(12-11-25(2)3)21-20(22(27)28)14-18(15-23-21)24-31(29,30)19-10-9-16-7-5-6-8-17(16)13-19/h9-10,13-15,24H,4-8,11-12H2,1-3H3,(H,27,28). The van der Waals surface area contributed by atoms with Gasteiger partial charge in [0.1, 0.15) is 11.4 Å². The molecule has 0 radical (unpaired) electrons. The summed E-state index contributed by atoms with van der Waals surface area (Å²) in [6.07, 6.45) is 5.39. The van der Waals surface area contributed by atoms with Gasteiger partial charge in [0.25, 0.3) is 10.0 Å². The van der Waals surface area contributed by atoms with Gasteiger partial charge < -0.3 is 14.9 Å². The molecule has 3 rings (SSSR count). The molecule has 0 saturated carbocycles. The van der Waals surface area contributed by atoms with Crippen LogP contribution in [0.3, 0.4) is 0 Å². The SMILES string of the molecule is CCN(CCN(C)C)c1ncc(NS(=O)(=O)c2ccc3c(c2)CCCC3)cc1C(=O)O. The van der Waals surface area contributed by atoms with Crippen molar-refractivity contribution in [3.63, 3.8) is 0 Å². The van der Waals surface area contributed by atoms with Gasteiger partial charge in [0, 0.05) is 19.6 Å². The zero-order chi connectivity index (χ0) is 22.6. The van der Waals surface area contributed by atoms with Crippen LogP contribution in [0.25, 0.3) is 0 Å². The third-order valence-electron chi connectivity index (χ3n) is 5.48. The van der Waals surface area contributed by atoms with E-state index < -0.39 is 16.0 Å². The van der Waals surface area contributed by atoms with E-state index >= 15 is 0 Å². The van der Waals surface area contributed by atoms with E-state index in [1.807, 2.05) is 36.9 Å². The number of nitrogens with one attached hydrogen (secondary N) is 1. The smallest absolute Gasteiger partial charge is 0.339 e. The van der Waals surface area contributed by atoms with Gasteiger partial charge in [-0.25, -0.2) is 18.2 Å². The highest BCUT2D eigenvalue weighted by Gasteiger charge is 2.21. The predicted octanol–water partition coefficient (Wildman–Crippen LogP) is 2.85. The molecule has 8 nitrogen and oxygen atoms in total. The first-order valence-electron chi connectivity index (χ1n) is 10.5. The number of pyridine rings is 1. The van der Waals surface area contributed by atoms with Crippen molar-refractivity contribution in [2.75, 3.05) is 43.4 Å². The molecule has 2 aromatic rings. The number of carbonyl (C=O) groups is 1. The first-order valence-corrected chi connectivity index (χ1v) is 12.0. The number of hydrogen-bond donors (Lipinski definition) is 2. The fraction of sp³-hybridized carbons (Fsp3) is 0.455. The summed E-state index contributed by atoms with van der Waals surface area (Å²) >= 11 is 0. The molecule has 1 aliphatic carbocycles. The highest BCUT2D eigenvalue weighted by molar-refractivity contribution is 7.92. The van der Waals surface area contributed by atoms with Gasteiger partial charge in [0.2, 0.25) is 0 Å². The Bertz CT molecular complexity index is 1050. The van der Waals surface area contributed by atoms with Crippen LogP contribution in [0, 0.1) is 0 Å². The monoisotopic (exact) mass is 446 g/mol. The van der Waals surface area contributed by atoms with Crippen molar-refractivity contribution < 1.29 is 18.3 Å². The largest absolute Gasteiger partial charge is 0.478 e. The number of aryl methyl sites for hydroxylation is 2. The highest BCUT2D eigenvalue weighted by Crippen LogP contribution is 2.27. The van der Waals surface area contributed by atoms with E-state index in [2.05, 4.69) is 9.71 Å². The van der Waals surface area contributed by atoms with Crippen molar-refractivity contribution >= 4 is 27.5 Å². The van der Waals surface area contributed by atoms with Gasteiger partial charge in [-0.3, -0.25) is 4.72 Å².